The monoisotopic (exact) mass is 347 g/mol. The van der Waals surface area contributed by atoms with E-state index in [1.165, 1.54) is 0 Å². The number of carbonyl (C=O) groups is 1. The van der Waals surface area contributed by atoms with E-state index in [1.54, 1.807) is 12.1 Å². The van der Waals surface area contributed by atoms with Gasteiger partial charge in [0.05, 0.1) is 5.56 Å². The molecule has 0 aromatic heterocycles. The molecule has 0 spiro atoms. The molecule has 5 heteroatoms. The number of hydrogen-bond acceptors (Lipinski definition) is 3. The average Bonchev–Trinajstić information content (AvgIpc) is 2.49. The molecule has 2 aromatic rings. The molecule has 0 unspecified atom stereocenters. The molecule has 1 N–H and O–H groups in total. The fourth-order valence-corrected chi connectivity index (χ4v) is 2.58. The molecule has 0 saturated carbocycles. The summed E-state index contributed by atoms with van der Waals surface area (Å²) in [6, 6.07) is 11.1. The number of nitrogens with one attached hydrogen (secondary N) is 1. The molecule has 0 aliphatic carbocycles. The maximum Gasteiger partial charge on any atom is 0.256 e. The summed E-state index contributed by atoms with van der Waals surface area (Å²) in [6.07, 6.45) is 0. The van der Waals surface area contributed by atoms with Crippen LogP contribution in [0.4, 0.5) is 5.69 Å². The number of amides is 1. The van der Waals surface area contributed by atoms with Crippen LogP contribution in [-0.4, -0.2) is 19.1 Å². The van der Waals surface area contributed by atoms with Crippen LogP contribution in [0.3, 0.4) is 0 Å². The molecule has 0 radical (unpaired) electrons. The Bertz CT molecular complexity index is 683. The van der Waals surface area contributed by atoms with Crippen LogP contribution in [0, 0.1) is 6.92 Å². The smallest absolute Gasteiger partial charge is 0.256 e. The summed E-state index contributed by atoms with van der Waals surface area (Å²) in [5, 5.41) is 2.87. The molecule has 0 bridgehead atoms. The van der Waals surface area contributed by atoms with Crippen molar-refractivity contribution in [2.24, 2.45) is 0 Å². The summed E-state index contributed by atoms with van der Waals surface area (Å²) in [6.45, 7) is 3.02. The highest BCUT2D eigenvalue weighted by Crippen LogP contribution is 2.35. The molecule has 3 rings (SSSR count). The molecule has 0 saturated heterocycles. The van der Waals surface area contributed by atoms with Gasteiger partial charge in [-0.3, -0.25) is 4.79 Å². The molecule has 1 heterocycles. The SMILES string of the molecule is Cc1ccc(NC(=O)c2cc3c(cc2Br)OCCO3)cc1. The fraction of sp³-hybridized carbons (Fsp3) is 0.188. The van der Waals surface area contributed by atoms with Crippen LogP contribution in [0.5, 0.6) is 11.5 Å². The number of ether oxygens (including phenoxy) is 2. The van der Waals surface area contributed by atoms with Crippen LogP contribution in [0.1, 0.15) is 15.9 Å². The predicted octanol–water partition coefficient (Wildman–Crippen LogP) is 3.78. The maximum absolute atomic E-state index is 12.4. The van der Waals surface area contributed by atoms with Crippen LogP contribution in [0.25, 0.3) is 0 Å². The van der Waals surface area contributed by atoms with Crippen molar-refractivity contribution >= 4 is 27.5 Å². The second-order valence-electron chi connectivity index (χ2n) is 4.80. The predicted molar refractivity (Wildman–Crippen MR) is 84.3 cm³/mol. The first kappa shape index (κ1) is 13.9. The van der Waals surface area contributed by atoms with Gasteiger partial charge in [0.1, 0.15) is 13.2 Å². The first-order valence-electron chi connectivity index (χ1n) is 6.60. The lowest BCUT2D eigenvalue weighted by Crippen LogP contribution is -2.17. The van der Waals surface area contributed by atoms with Gasteiger partial charge in [-0.1, -0.05) is 17.7 Å². The maximum atomic E-state index is 12.4. The number of halogens is 1. The molecular formula is C16H14BrNO3. The highest BCUT2D eigenvalue weighted by atomic mass is 79.9. The molecule has 1 aliphatic heterocycles. The van der Waals surface area contributed by atoms with E-state index in [-0.39, 0.29) is 5.91 Å². The van der Waals surface area contributed by atoms with Crippen molar-refractivity contribution in [3.8, 4) is 11.5 Å². The Morgan fingerprint density at radius 2 is 1.71 bits per heavy atom. The van der Waals surface area contributed by atoms with E-state index in [1.807, 2.05) is 31.2 Å². The van der Waals surface area contributed by atoms with Crippen molar-refractivity contribution in [3.05, 3.63) is 52.0 Å². The Balaban J connectivity index is 1.85. The molecular weight excluding hydrogens is 334 g/mol. The van der Waals surface area contributed by atoms with E-state index in [0.29, 0.717) is 34.7 Å². The van der Waals surface area contributed by atoms with Gasteiger partial charge in [0.2, 0.25) is 0 Å². The van der Waals surface area contributed by atoms with E-state index in [9.17, 15) is 4.79 Å². The first-order valence-corrected chi connectivity index (χ1v) is 7.40. The Morgan fingerprint density at radius 1 is 1.10 bits per heavy atom. The minimum atomic E-state index is -0.192. The number of anilines is 1. The van der Waals surface area contributed by atoms with Gasteiger partial charge < -0.3 is 14.8 Å². The molecule has 21 heavy (non-hydrogen) atoms. The molecule has 108 valence electrons. The summed E-state index contributed by atoms with van der Waals surface area (Å²) in [4.78, 5) is 12.4. The van der Waals surface area contributed by atoms with Gasteiger partial charge in [-0.05, 0) is 47.1 Å². The van der Waals surface area contributed by atoms with E-state index in [4.69, 9.17) is 9.47 Å². The van der Waals surface area contributed by atoms with E-state index in [2.05, 4.69) is 21.2 Å². The van der Waals surface area contributed by atoms with Crippen LogP contribution in [0.2, 0.25) is 0 Å². The van der Waals surface area contributed by atoms with E-state index < -0.39 is 0 Å². The third kappa shape index (κ3) is 3.03. The van der Waals surface area contributed by atoms with Crippen molar-refractivity contribution < 1.29 is 14.3 Å². The number of fused-ring (bicyclic) bond motifs is 1. The summed E-state index contributed by atoms with van der Waals surface area (Å²) >= 11 is 3.40. The fourth-order valence-electron chi connectivity index (χ4n) is 2.07. The Hall–Kier alpha value is -2.01. The Kier molecular flexibility index (Phi) is 3.84. The van der Waals surface area contributed by atoms with Gasteiger partial charge in [-0.2, -0.15) is 0 Å². The van der Waals surface area contributed by atoms with E-state index in [0.717, 1.165) is 11.3 Å². The number of hydrogen-bond donors (Lipinski definition) is 1. The largest absolute Gasteiger partial charge is 0.486 e. The van der Waals surface area contributed by atoms with Gasteiger partial charge >= 0.3 is 0 Å². The topological polar surface area (TPSA) is 47.6 Å². The van der Waals surface area contributed by atoms with Crippen LogP contribution in [0.15, 0.2) is 40.9 Å². The van der Waals surface area contributed by atoms with Gasteiger partial charge in [-0.25, -0.2) is 0 Å². The molecule has 0 fully saturated rings. The lowest BCUT2D eigenvalue weighted by atomic mass is 10.1. The number of rotatable bonds is 2. The summed E-state index contributed by atoms with van der Waals surface area (Å²) in [5.74, 6) is 1.06. The van der Waals surface area contributed by atoms with E-state index >= 15 is 0 Å². The number of aryl methyl sites for hydroxylation is 1. The second-order valence-corrected chi connectivity index (χ2v) is 5.65. The minimum Gasteiger partial charge on any atom is -0.486 e. The van der Waals surface area contributed by atoms with Gasteiger partial charge in [0.25, 0.3) is 5.91 Å². The Morgan fingerprint density at radius 3 is 2.38 bits per heavy atom. The summed E-state index contributed by atoms with van der Waals surface area (Å²) in [7, 11) is 0. The van der Waals surface area contributed by atoms with Crippen molar-refractivity contribution in [1.29, 1.82) is 0 Å². The second kappa shape index (κ2) is 5.77. The Labute approximate surface area is 131 Å². The van der Waals surface area contributed by atoms with Crippen molar-refractivity contribution in [2.45, 2.75) is 6.92 Å². The molecule has 4 nitrogen and oxygen atoms in total. The molecule has 1 aliphatic rings. The zero-order valence-corrected chi connectivity index (χ0v) is 13.1. The zero-order chi connectivity index (χ0) is 14.8. The summed E-state index contributed by atoms with van der Waals surface area (Å²) in [5.41, 5.74) is 2.42. The van der Waals surface area contributed by atoms with Gasteiger partial charge in [0.15, 0.2) is 11.5 Å². The minimum absolute atomic E-state index is 0.192. The standard InChI is InChI=1S/C16H14BrNO3/c1-10-2-4-11(5-3-10)18-16(19)12-8-14-15(9-13(12)17)21-7-6-20-14/h2-5,8-9H,6-7H2,1H3,(H,18,19). The molecule has 2 aromatic carbocycles. The lowest BCUT2D eigenvalue weighted by molar-refractivity contribution is 0.102. The normalized spacial score (nSPS) is 12.9. The highest BCUT2D eigenvalue weighted by molar-refractivity contribution is 9.10. The first-order chi connectivity index (χ1) is 10.1. The van der Waals surface area contributed by atoms with Crippen LogP contribution in [-0.2, 0) is 0 Å². The average molecular weight is 348 g/mol. The molecule has 0 atom stereocenters. The third-order valence-electron chi connectivity index (χ3n) is 3.19. The van der Waals surface area contributed by atoms with Crippen LogP contribution >= 0.6 is 15.9 Å². The van der Waals surface area contributed by atoms with Gasteiger partial charge in [0, 0.05) is 10.2 Å². The van der Waals surface area contributed by atoms with Crippen molar-refractivity contribution in [1.82, 2.24) is 0 Å². The third-order valence-corrected chi connectivity index (χ3v) is 3.84. The quantitative estimate of drug-likeness (QED) is 0.899. The molecule has 1 amide bonds. The number of benzene rings is 2. The zero-order valence-electron chi connectivity index (χ0n) is 11.5. The lowest BCUT2D eigenvalue weighted by Gasteiger charge is -2.19. The highest BCUT2D eigenvalue weighted by Gasteiger charge is 2.18. The summed E-state index contributed by atoms with van der Waals surface area (Å²) < 4.78 is 11.7. The van der Waals surface area contributed by atoms with Gasteiger partial charge in [-0.15, -0.1) is 0 Å². The van der Waals surface area contributed by atoms with Crippen molar-refractivity contribution in [2.75, 3.05) is 18.5 Å². The van der Waals surface area contributed by atoms with Crippen LogP contribution < -0.4 is 14.8 Å². The number of carbonyl (C=O) groups excluding carboxylic acids is 1. The van der Waals surface area contributed by atoms with Crippen molar-refractivity contribution in [3.63, 3.8) is 0 Å².